The van der Waals surface area contributed by atoms with Gasteiger partial charge in [-0.1, -0.05) is 35.0 Å². The van der Waals surface area contributed by atoms with Crippen LogP contribution in [0.5, 0.6) is 0 Å². The first-order valence-corrected chi connectivity index (χ1v) is 8.26. The van der Waals surface area contributed by atoms with Gasteiger partial charge in [-0.05, 0) is 43.6 Å². The minimum atomic E-state index is 0.416. The molecule has 1 aliphatic heterocycles. The number of nitrogens with zero attached hydrogens (tertiary/aromatic N) is 1. The van der Waals surface area contributed by atoms with E-state index in [1.165, 1.54) is 11.1 Å². The fourth-order valence-electron chi connectivity index (χ4n) is 2.45. The molecule has 0 bridgehead atoms. The van der Waals surface area contributed by atoms with Crippen LogP contribution in [0.2, 0.25) is 0 Å². The lowest BCUT2D eigenvalue weighted by atomic mass is 10.1. The first-order valence-electron chi connectivity index (χ1n) is 7.47. The van der Waals surface area contributed by atoms with Crippen molar-refractivity contribution in [1.82, 2.24) is 10.2 Å². The standard InChI is InChI=1S/C16H25BrN2O/c1-3-18-11-13-4-5-14(16(17)10-13)12-20-15-6-8-19(2)9-7-15/h4-5,10,15,18H,3,6-9,11-12H2,1-2H3. The van der Waals surface area contributed by atoms with E-state index in [1.807, 2.05) is 0 Å². The second-order valence-electron chi connectivity index (χ2n) is 5.52. The number of nitrogens with one attached hydrogen (secondary N) is 1. The average Bonchev–Trinajstić information content (AvgIpc) is 2.46. The number of benzene rings is 1. The molecule has 0 radical (unpaired) electrons. The van der Waals surface area contributed by atoms with E-state index in [1.54, 1.807) is 0 Å². The van der Waals surface area contributed by atoms with E-state index in [0.717, 1.165) is 43.5 Å². The number of hydrogen-bond donors (Lipinski definition) is 1. The number of rotatable bonds is 6. The van der Waals surface area contributed by atoms with Crippen molar-refractivity contribution < 1.29 is 4.74 Å². The molecule has 0 spiro atoms. The van der Waals surface area contributed by atoms with Gasteiger partial charge in [0.25, 0.3) is 0 Å². The number of likely N-dealkylation sites (tertiary alicyclic amines) is 1. The lowest BCUT2D eigenvalue weighted by Crippen LogP contribution is -2.34. The van der Waals surface area contributed by atoms with E-state index in [-0.39, 0.29) is 0 Å². The first-order chi connectivity index (χ1) is 9.69. The molecule has 1 aromatic rings. The molecule has 3 nitrogen and oxygen atoms in total. The van der Waals surface area contributed by atoms with E-state index in [9.17, 15) is 0 Å². The molecule has 1 saturated heterocycles. The molecule has 0 unspecified atom stereocenters. The molecule has 1 fully saturated rings. The zero-order valence-electron chi connectivity index (χ0n) is 12.5. The molecule has 2 rings (SSSR count). The van der Waals surface area contributed by atoms with Crippen LogP contribution in [-0.2, 0) is 17.9 Å². The van der Waals surface area contributed by atoms with Crippen LogP contribution >= 0.6 is 15.9 Å². The van der Waals surface area contributed by atoms with Gasteiger partial charge in [-0.25, -0.2) is 0 Å². The minimum Gasteiger partial charge on any atom is -0.373 e. The summed E-state index contributed by atoms with van der Waals surface area (Å²) in [6.07, 6.45) is 2.71. The summed E-state index contributed by atoms with van der Waals surface area (Å²) in [4.78, 5) is 2.37. The van der Waals surface area contributed by atoms with Gasteiger partial charge in [-0.15, -0.1) is 0 Å². The van der Waals surface area contributed by atoms with E-state index in [2.05, 4.69) is 58.3 Å². The Balaban J connectivity index is 1.83. The molecule has 0 atom stereocenters. The summed E-state index contributed by atoms with van der Waals surface area (Å²) in [5, 5.41) is 3.34. The Bertz CT molecular complexity index is 417. The van der Waals surface area contributed by atoms with E-state index >= 15 is 0 Å². The highest BCUT2D eigenvalue weighted by molar-refractivity contribution is 9.10. The van der Waals surface area contributed by atoms with Crippen LogP contribution in [-0.4, -0.2) is 37.7 Å². The molecule has 1 N–H and O–H groups in total. The fraction of sp³-hybridized carbons (Fsp3) is 0.625. The summed E-state index contributed by atoms with van der Waals surface area (Å²) in [7, 11) is 2.18. The van der Waals surface area contributed by atoms with E-state index in [4.69, 9.17) is 4.74 Å². The fourth-order valence-corrected chi connectivity index (χ4v) is 2.99. The minimum absolute atomic E-state index is 0.416. The Morgan fingerprint density at radius 3 is 2.75 bits per heavy atom. The summed E-state index contributed by atoms with van der Waals surface area (Å²) in [6, 6.07) is 6.54. The molecule has 0 saturated carbocycles. The Kier molecular flexibility index (Phi) is 6.49. The van der Waals surface area contributed by atoms with E-state index in [0.29, 0.717) is 12.7 Å². The van der Waals surface area contributed by atoms with Crippen LogP contribution in [0.25, 0.3) is 0 Å². The first kappa shape index (κ1) is 16.0. The summed E-state index contributed by atoms with van der Waals surface area (Å²) >= 11 is 3.66. The van der Waals surface area contributed by atoms with Crippen LogP contribution in [0.1, 0.15) is 30.9 Å². The number of hydrogen-bond acceptors (Lipinski definition) is 3. The highest BCUT2D eigenvalue weighted by Crippen LogP contribution is 2.21. The number of piperidine rings is 1. The van der Waals surface area contributed by atoms with Crippen LogP contribution in [0, 0.1) is 0 Å². The maximum absolute atomic E-state index is 6.05. The van der Waals surface area contributed by atoms with Crippen molar-refractivity contribution in [3.63, 3.8) is 0 Å². The number of ether oxygens (including phenoxy) is 1. The van der Waals surface area contributed by atoms with Crippen LogP contribution in [0.4, 0.5) is 0 Å². The zero-order valence-corrected chi connectivity index (χ0v) is 14.1. The van der Waals surface area contributed by atoms with Crippen molar-refractivity contribution in [3.05, 3.63) is 33.8 Å². The largest absolute Gasteiger partial charge is 0.373 e. The lowest BCUT2D eigenvalue weighted by molar-refractivity contribution is 0.00191. The summed E-state index contributed by atoms with van der Waals surface area (Å²) in [6.45, 7) is 7.04. The molecular weight excluding hydrogens is 316 g/mol. The van der Waals surface area contributed by atoms with Gasteiger partial charge in [-0.3, -0.25) is 0 Å². The Labute approximate surface area is 130 Å². The maximum atomic E-state index is 6.05. The van der Waals surface area contributed by atoms with Crippen molar-refractivity contribution in [2.45, 2.75) is 39.0 Å². The third-order valence-corrected chi connectivity index (χ3v) is 4.57. The molecule has 1 aliphatic rings. The summed E-state index contributed by atoms with van der Waals surface area (Å²) in [5.41, 5.74) is 2.55. The van der Waals surface area contributed by atoms with Crippen molar-refractivity contribution in [2.75, 3.05) is 26.7 Å². The summed E-state index contributed by atoms with van der Waals surface area (Å²) in [5.74, 6) is 0. The topological polar surface area (TPSA) is 24.5 Å². The second kappa shape index (κ2) is 8.13. The monoisotopic (exact) mass is 340 g/mol. The van der Waals surface area contributed by atoms with Crippen LogP contribution in [0.3, 0.4) is 0 Å². The highest BCUT2D eigenvalue weighted by Gasteiger charge is 2.17. The van der Waals surface area contributed by atoms with Crippen LogP contribution in [0.15, 0.2) is 22.7 Å². The molecule has 0 aromatic heterocycles. The molecule has 112 valence electrons. The van der Waals surface area contributed by atoms with E-state index < -0.39 is 0 Å². The molecule has 0 amide bonds. The second-order valence-corrected chi connectivity index (χ2v) is 6.37. The molecule has 0 aliphatic carbocycles. The molecular formula is C16H25BrN2O. The van der Waals surface area contributed by atoms with Gasteiger partial charge in [0, 0.05) is 24.1 Å². The average molecular weight is 341 g/mol. The predicted octanol–water partition coefficient (Wildman–Crippen LogP) is 3.17. The van der Waals surface area contributed by atoms with Crippen molar-refractivity contribution in [2.24, 2.45) is 0 Å². The summed E-state index contributed by atoms with van der Waals surface area (Å²) < 4.78 is 7.20. The van der Waals surface area contributed by atoms with Crippen molar-refractivity contribution >= 4 is 15.9 Å². The van der Waals surface area contributed by atoms with Crippen molar-refractivity contribution in [1.29, 1.82) is 0 Å². The molecule has 1 heterocycles. The van der Waals surface area contributed by atoms with Gasteiger partial charge in [0.05, 0.1) is 12.7 Å². The van der Waals surface area contributed by atoms with Gasteiger partial charge in [-0.2, -0.15) is 0 Å². The number of halogens is 1. The quantitative estimate of drug-likeness (QED) is 0.860. The predicted molar refractivity (Wildman–Crippen MR) is 86.8 cm³/mol. The van der Waals surface area contributed by atoms with Crippen LogP contribution < -0.4 is 5.32 Å². The molecule has 4 heteroatoms. The third-order valence-electron chi connectivity index (χ3n) is 3.84. The lowest BCUT2D eigenvalue weighted by Gasteiger charge is -2.29. The Morgan fingerprint density at radius 2 is 2.10 bits per heavy atom. The Hall–Kier alpha value is -0.420. The smallest absolute Gasteiger partial charge is 0.0731 e. The van der Waals surface area contributed by atoms with Gasteiger partial charge in [0.2, 0.25) is 0 Å². The normalized spacial score (nSPS) is 17.6. The van der Waals surface area contributed by atoms with Gasteiger partial charge >= 0.3 is 0 Å². The van der Waals surface area contributed by atoms with Gasteiger partial charge < -0.3 is 15.0 Å². The third kappa shape index (κ3) is 4.85. The van der Waals surface area contributed by atoms with Gasteiger partial charge in [0.1, 0.15) is 0 Å². The zero-order chi connectivity index (χ0) is 14.4. The van der Waals surface area contributed by atoms with Crippen molar-refractivity contribution in [3.8, 4) is 0 Å². The molecule has 20 heavy (non-hydrogen) atoms. The Morgan fingerprint density at radius 1 is 1.35 bits per heavy atom. The molecule has 1 aromatic carbocycles. The maximum Gasteiger partial charge on any atom is 0.0731 e. The highest BCUT2D eigenvalue weighted by atomic mass is 79.9. The van der Waals surface area contributed by atoms with Gasteiger partial charge in [0.15, 0.2) is 0 Å². The SMILES string of the molecule is CCNCc1ccc(COC2CCN(C)CC2)c(Br)c1.